The molecule has 1 saturated heterocycles. The lowest BCUT2D eigenvalue weighted by Gasteiger charge is -2.41. The highest BCUT2D eigenvalue weighted by Crippen LogP contribution is 2.45. The van der Waals surface area contributed by atoms with Gasteiger partial charge in [0.2, 0.25) is 0 Å². The molecule has 5 heteroatoms. The fourth-order valence-electron chi connectivity index (χ4n) is 5.66. The zero-order chi connectivity index (χ0) is 21.8. The summed E-state index contributed by atoms with van der Waals surface area (Å²) < 4.78 is 0. The van der Waals surface area contributed by atoms with E-state index in [0.717, 1.165) is 10.8 Å². The molecule has 0 spiro atoms. The molecule has 2 aliphatic heterocycles. The van der Waals surface area contributed by atoms with Crippen LogP contribution in [-0.4, -0.2) is 33.6 Å². The van der Waals surface area contributed by atoms with Crippen LogP contribution < -0.4 is 10.2 Å². The number of aromatic nitrogens is 1. The Balaban J connectivity index is 1.61. The van der Waals surface area contributed by atoms with E-state index >= 15 is 0 Å². The minimum Gasteiger partial charge on any atom is -0.366 e. The van der Waals surface area contributed by atoms with Gasteiger partial charge in [0, 0.05) is 30.5 Å². The van der Waals surface area contributed by atoms with E-state index in [2.05, 4.69) is 79.3 Å². The fourth-order valence-corrected chi connectivity index (χ4v) is 6.05. The van der Waals surface area contributed by atoms with Gasteiger partial charge in [0.1, 0.15) is 0 Å². The van der Waals surface area contributed by atoms with Gasteiger partial charge in [0.25, 0.3) is 0 Å². The Kier molecular flexibility index (Phi) is 5.04. The van der Waals surface area contributed by atoms with Gasteiger partial charge in [-0.2, -0.15) is 0 Å². The van der Waals surface area contributed by atoms with Crippen molar-refractivity contribution in [3.63, 3.8) is 0 Å². The van der Waals surface area contributed by atoms with E-state index in [9.17, 15) is 0 Å². The highest BCUT2D eigenvalue weighted by Gasteiger charge is 2.44. The minimum absolute atomic E-state index is 0.0153. The first-order valence-electron chi connectivity index (χ1n) is 11.4. The summed E-state index contributed by atoms with van der Waals surface area (Å²) in [5, 5.41) is 4.50. The van der Waals surface area contributed by atoms with Crippen LogP contribution in [0, 0.1) is 0 Å². The molecule has 1 saturated carbocycles. The van der Waals surface area contributed by atoms with Crippen LogP contribution in [0.1, 0.15) is 75.4 Å². The van der Waals surface area contributed by atoms with Crippen molar-refractivity contribution >= 4 is 28.6 Å². The summed E-state index contributed by atoms with van der Waals surface area (Å²) in [5.74, 6) is 0. The third-order valence-electron chi connectivity index (χ3n) is 7.44. The van der Waals surface area contributed by atoms with E-state index in [0.29, 0.717) is 6.04 Å². The van der Waals surface area contributed by atoms with Crippen molar-refractivity contribution in [2.45, 2.75) is 70.1 Å². The molecule has 2 fully saturated rings. The van der Waals surface area contributed by atoms with E-state index in [1.807, 2.05) is 12.3 Å². The van der Waals surface area contributed by atoms with Gasteiger partial charge < -0.3 is 15.1 Å². The van der Waals surface area contributed by atoms with Crippen LogP contribution in [0.3, 0.4) is 0 Å². The number of fused-ring (bicyclic) bond motifs is 1. The molecule has 1 aliphatic carbocycles. The largest absolute Gasteiger partial charge is 0.366 e. The predicted octanol–water partition coefficient (Wildman–Crippen LogP) is 5.63. The van der Waals surface area contributed by atoms with Crippen molar-refractivity contribution in [1.82, 2.24) is 15.2 Å². The molecule has 5 rings (SSSR count). The van der Waals surface area contributed by atoms with E-state index in [1.165, 1.54) is 48.1 Å². The number of hydrogen-bond donors (Lipinski definition) is 1. The highest BCUT2D eigenvalue weighted by atomic mass is 32.1. The van der Waals surface area contributed by atoms with Gasteiger partial charge in [0.05, 0.1) is 23.3 Å². The van der Waals surface area contributed by atoms with Crippen LogP contribution in [0.2, 0.25) is 0 Å². The first-order valence-corrected chi connectivity index (χ1v) is 11.8. The summed E-state index contributed by atoms with van der Waals surface area (Å²) in [4.78, 5) is 9.56. The molecule has 2 aromatic rings. The molecule has 0 bridgehead atoms. The van der Waals surface area contributed by atoms with Crippen molar-refractivity contribution in [2.24, 2.45) is 0 Å². The third-order valence-corrected chi connectivity index (χ3v) is 7.76. The Morgan fingerprint density at radius 3 is 2.61 bits per heavy atom. The van der Waals surface area contributed by atoms with Crippen LogP contribution in [0.4, 0.5) is 5.69 Å². The molecule has 3 heterocycles. The Labute approximate surface area is 191 Å². The number of anilines is 1. The molecule has 2 unspecified atom stereocenters. The molecular weight excluding hydrogens is 400 g/mol. The molecule has 4 nitrogen and oxygen atoms in total. The maximum atomic E-state index is 5.89. The number of nitrogens with one attached hydrogen (secondary N) is 1. The molecule has 162 valence electrons. The maximum absolute atomic E-state index is 5.89. The topological polar surface area (TPSA) is 31.4 Å². The molecule has 1 N–H and O–H groups in total. The molecule has 2 atom stereocenters. The Morgan fingerprint density at radius 1 is 1.13 bits per heavy atom. The number of benzene rings is 1. The smallest absolute Gasteiger partial charge is 0.170 e. The summed E-state index contributed by atoms with van der Waals surface area (Å²) in [7, 11) is 2.19. The van der Waals surface area contributed by atoms with Crippen molar-refractivity contribution < 1.29 is 0 Å². The zero-order valence-electron chi connectivity index (χ0n) is 18.9. The van der Waals surface area contributed by atoms with E-state index in [1.54, 1.807) is 0 Å². The number of hydrogen-bond acceptors (Lipinski definition) is 3. The summed E-state index contributed by atoms with van der Waals surface area (Å²) in [6.45, 7) is 6.77. The molecular formula is C26H32N4S. The number of rotatable bonds is 3. The third kappa shape index (κ3) is 3.43. The normalized spacial score (nSPS) is 25.4. The van der Waals surface area contributed by atoms with Crippen LogP contribution in [0.15, 0.2) is 48.7 Å². The van der Waals surface area contributed by atoms with Gasteiger partial charge in [-0.05, 0) is 81.2 Å². The first kappa shape index (κ1) is 20.5. The van der Waals surface area contributed by atoms with Crippen molar-refractivity contribution in [3.05, 3.63) is 65.5 Å². The first-order chi connectivity index (χ1) is 14.9. The monoisotopic (exact) mass is 432 g/mol. The van der Waals surface area contributed by atoms with Crippen LogP contribution >= 0.6 is 12.2 Å². The molecule has 31 heavy (non-hydrogen) atoms. The average Bonchev–Trinajstić information content (AvgIpc) is 3.39. The van der Waals surface area contributed by atoms with Crippen LogP contribution in [0.5, 0.6) is 0 Å². The zero-order valence-corrected chi connectivity index (χ0v) is 19.7. The van der Waals surface area contributed by atoms with Crippen molar-refractivity contribution in [3.8, 4) is 0 Å². The molecule has 1 aromatic heterocycles. The lowest BCUT2D eigenvalue weighted by atomic mass is 9.86. The second-order valence-electron chi connectivity index (χ2n) is 9.79. The Hall–Kier alpha value is -2.40. The summed E-state index contributed by atoms with van der Waals surface area (Å²) in [6.07, 6.45) is 9.27. The summed E-state index contributed by atoms with van der Waals surface area (Å²) in [6, 6.07) is 13.9. The second-order valence-corrected chi connectivity index (χ2v) is 10.2. The lowest BCUT2D eigenvalue weighted by molar-refractivity contribution is 0.245. The van der Waals surface area contributed by atoms with Gasteiger partial charge in [-0.25, -0.2) is 0 Å². The quantitative estimate of drug-likeness (QED) is 0.636. The Bertz CT molecular complexity index is 1020. The predicted molar refractivity (Wildman–Crippen MR) is 132 cm³/mol. The SMILES string of the molecule is CC1=CC(C)(C)N(C)c2ccc(C3C(c4ccccn4)NC(=S)N3C3CCCC3)cc21. The number of allylic oxidation sites excluding steroid dienone is 1. The van der Waals surface area contributed by atoms with Crippen molar-refractivity contribution in [1.29, 1.82) is 0 Å². The van der Waals surface area contributed by atoms with Gasteiger partial charge in [-0.3, -0.25) is 4.98 Å². The van der Waals surface area contributed by atoms with E-state index < -0.39 is 0 Å². The number of nitrogens with zero attached hydrogens (tertiary/aromatic N) is 3. The van der Waals surface area contributed by atoms with Gasteiger partial charge in [-0.15, -0.1) is 0 Å². The number of pyridine rings is 1. The van der Waals surface area contributed by atoms with Gasteiger partial charge in [0.15, 0.2) is 5.11 Å². The van der Waals surface area contributed by atoms with Gasteiger partial charge in [-0.1, -0.05) is 31.1 Å². The highest BCUT2D eigenvalue weighted by molar-refractivity contribution is 7.80. The molecule has 0 amide bonds. The second kappa shape index (κ2) is 7.63. The molecule has 1 aromatic carbocycles. The standard InChI is InChI=1S/C26H32N4S/c1-17-16-26(2,3)29(4)22-13-12-18(15-20(17)22)24-23(21-11-7-8-14-27-21)28-25(31)30(24)19-9-5-6-10-19/h7-8,11-16,19,23-24H,5-6,9-10H2,1-4H3,(H,28,31). The Morgan fingerprint density at radius 2 is 1.90 bits per heavy atom. The lowest BCUT2D eigenvalue weighted by Crippen LogP contribution is -2.42. The average molecular weight is 433 g/mol. The maximum Gasteiger partial charge on any atom is 0.170 e. The summed E-state index contributed by atoms with van der Waals surface area (Å²) in [5.41, 5.74) is 6.34. The van der Waals surface area contributed by atoms with Crippen LogP contribution in [-0.2, 0) is 0 Å². The number of likely N-dealkylation sites (N-methyl/N-ethyl adjacent to an activating group) is 1. The fraction of sp³-hybridized carbons (Fsp3) is 0.462. The number of thiocarbonyl (C=S) groups is 1. The van der Waals surface area contributed by atoms with Gasteiger partial charge >= 0.3 is 0 Å². The van der Waals surface area contributed by atoms with Crippen molar-refractivity contribution in [2.75, 3.05) is 11.9 Å². The summed E-state index contributed by atoms with van der Waals surface area (Å²) >= 11 is 5.89. The van der Waals surface area contributed by atoms with E-state index in [-0.39, 0.29) is 17.6 Å². The molecule has 3 aliphatic rings. The van der Waals surface area contributed by atoms with E-state index in [4.69, 9.17) is 17.2 Å². The minimum atomic E-state index is 0.0153. The molecule has 0 radical (unpaired) electrons. The van der Waals surface area contributed by atoms with Crippen LogP contribution in [0.25, 0.3) is 5.57 Å².